The van der Waals surface area contributed by atoms with E-state index in [1.54, 1.807) is 0 Å². The summed E-state index contributed by atoms with van der Waals surface area (Å²) in [6, 6.07) is 10.8. The minimum atomic E-state index is -3.76. The molecule has 0 fully saturated rings. The molecule has 2 aromatic heterocycles. The maximum absolute atomic E-state index is 15.3. The summed E-state index contributed by atoms with van der Waals surface area (Å²) in [6.45, 7) is -1.26. The van der Waals surface area contributed by atoms with E-state index >= 15 is 4.39 Å². The number of nitrogens with two attached hydrogens (primary N) is 1. The molecule has 4 N–H and O–H groups in total. The van der Waals surface area contributed by atoms with Crippen LogP contribution < -0.4 is 11.1 Å². The molecule has 1 amide bonds. The highest BCUT2D eigenvalue weighted by atomic mass is 35.5. The molecule has 2 heterocycles. The summed E-state index contributed by atoms with van der Waals surface area (Å²) in [5.41, 5.74) is 5.51. The zero-order chi connectivity index (χ0) is 24.6. The van der Waals surface area contributed by atoms with E-state index in [9.17, 15) is 18.7 Å². The highest BCUT2D eigenvalue weighted by Gasteiger charge is 2.40. The summed E-state index contributed by atoms with van der Waals surface area (Å²) in [7, 11) is 0. The van der Waals surface area contributed by atoms with Crippen LogP contribution in [0.1, 0.15) is 22.0 Å². The number of aliphatic hydroxyl groups is 1. The van der Waals surface area contributed by atoms with Gasteiger partial charge in [0.2, 0.25) is 5.95 Å². The molecule has 0 spiro atoms. The molecule has 0 bridgehead atoms. The lowest BCUT2D eigenvalue weighted by molar-refractivity contribution is -0.106. The number of benzene rings is 2. The number of amides is 1. The number of fused-ring (bicyclic) bond motifs is 1. The second-order valence-electron chi connectivity index (χ2n) is 7.37. The molecule has 4 rings (SSSR count). The van der Waals surface area contributed by atoms with E-state index in [4.69, 9.17) is 28.9 Å². The molecule has 0 aliphatic rings. The number of halogens is 5. The van der Waals surface area contributed by atoms with Gasteiger partial charge in [0.15, 0.2) is 5.65 Å². The van der Waals surface area contributed by atoms with Gasteiger partial charge in [0, 0.05) is 16.8 Å². The van der Waals surface area contributed by atoms with E-state index in [1.807, 2.05) is 5.32 Å². The summed E-state index contributed by atoms with van der Waals surface area (Å²) < 4.78 is 45.7. The number of aliphatic hydroxyl groups excluding tert-OH is 1. The van der Waals surface area contributed by atoms with Crippen molar-refractivity contribution in [3.63, 3.8) is 0 Å². The maximum atomic E-state index is 15.3. The minimum Gasteiger partial charge on any atom is -0.382 e. The van der Waals surface area contributed by atoms with Crippen molar-refractivity contribution in [3.05, 3.63) is 81.7 Å². The average molecular weight is 510 g/mol. The van der Waals surface area contributed by atoms with Crippen LogP contribution in [-0.2, 0) is 0 Å². The molecule has 176 valence electrons. The van der Waals surface area contributed by atoms with Crippen molar-refractivity contribution in [1.82, 2.24) is 19.9 Å². The van der Waals surface area contributed by atoms with E-state index in [0.717, 1.165) is 0 Å². The molecule has 4 aromatic rings. The van der Waals surface area contributed by atoms with Crippen LogP contribution in [0.3, 0.4) is 0 Å². The third-order valence-electron chi connectivity index (χ3n) is 5.05. The first-order valence-corrected chi connectivity index (χ1v) is 10.5. The highest BCUT2D eigenvalue weighted by Crippen LogP contribution is 2.33. The molecule has 2 aromatic carbocycles. The first-order chi connectivity index (χ1) is 16.1. The number of pyridine rings is 1. The summed E-state index contributed by atoms with van der Waals surface area (Å²) in [5, 5.41) is 16.0. The van der Waals surface area contributed by atoms with Gasteiger partial charge >= 0.3 is 0 Å². The molecule has 0 aliphatic heterocycles. The normalized spacial score (nSPS) is 12.6. The van der Waals surface area contributed by atoms with Crippen LogP contribution in [0.5, 0.6) is 0 Å². The summed E-state index contributed by atoms with van der Waals surface area (Å²) >= 11 is 11.7. The Hall–Kier alpha value is -3.34. The van der Waals surface area contributed by atoms with E-state index in [2.05, 4.69) is 10.1 Å². The topological polar surface area (TPSA) is 106 Å². The summed E-state index contributed by atoms with van der Waals surface area (Å²) in [4.78, 5) is 16.6. The van der Waals surface area contributed by atoms with Gasteiger partial charge in [-0.15, -0.1) is 5.10 Å². The van der Waals surface area contributed by atoms with Crippen LogP contribution in [-0.4, -0.2) is 38.1 Å². The highest BCUT2D eigenvalue weighted by molar-refractivity contribution is 6.34. The Morgan fingerprint density at radius 2 is 1.88 bits per heavy atom. The maximum Gasteiger partial charge on any atom is 0.294 e. The van der Waals surface area contributed by atoms with Gasteiger partial charge in [0.05, 0.1) is 17.1 Å². The van der Waals surface area contributed by atoms with Crippen LogP contribution in [0.15, 0.2) is 54.7 Å². The Morgan fingerprint density at radius 3 is 2.59 bits per heavy atom. The van der Waals surface area contributed by atoms with Gasteiger partial charge in [0.1, 0.15) is 11.9 Å². The van der Waals surface area contributed by atoms with Crippen LogP contribution in [0.2, 0.25) is 10.0 Å². The van der Waals surface area contributed by atoms with Crippen molar-refractivity contribution in [2.24, 2.45) is 0 Å². The number of rotatable bonds is 6. The first-order valence-electron chi connectivity index (χ1n) is 9.76. The zero-order valence-electron chi connectivity index (χ0n) is 17.1. The molecule has 34 heavy (non-hydrogen) atoms. The largest absolute Gasteiger partial charge is 0.382 e. The Bertz CT molecular complexity index is 1380. The monoisotopic (exact) mass is 509 g/mol. The molecule has 0 aliphatic carbocycles. The molecule has 7 nitrogen and oxygen atoms in total. The Balaban J connectivity index is 1.57. The van der Waals surface area contributed by atoms with Crippen LogP contribution in [0.25, 0.3) is 16.8 Å². The van der Waals surface area contributed by atoms with Crippen molar-refractivity contribution in [2.75, 3.05) is 12.3 Å². The molecule has 1 unspecified atom stereocenters. The molecule has 0 radical (unpaired) electrons. The van der Waals surface area contributed by atoms with Crippen molar-refractivity contribution >= 4 is 40.7 Å². The van der Waals surface area contributed by atoms with Crippen LogP contribution in [0.4, 0.5) is 19.1 Å². The smallest absolute Gasteiger partial charge is 0.294 e. The summed E-state index contributed by atoms with van der Waals surface area (Å²) in [6.07, 6.45) is -0.723. The number of nitrogens with zero attached hydrogens (tertiary/aromatic N) is 3. The van der Waals surface area contributed by atoms with Crippen LogP contribution in [0, 0.1) is 5.82 Å². The molecule has 12 heteroatoms. The number of aromatic nitrogens is 3. The SMILES string of the molecule is Nc1nc2cc(-c3ccc(Cl)c(C(=O)NCC(F)(F)C(O)c4ccc(Cl)cc4)c3F)ccn2n1. The van der Waals surface area contributed by atoms with Gasteiger partial charge < -0.3 is 16.2 Å². The Labute approximate surface area is 200 Å². The number of alkyl halides is 2. The number of hydrogen-bond donors (Lipinski definition) is 3. The molecule has 1 atom stereocenters. The van der Waals surface area contributed by atoms with Crippen molar-refractivity contribution in [1.29, 1.82) is 0 Å². The fourth-order valence-electron chi connectivity index (χ4n) is 3.32. The molecule has 0 saturated heterocycles. The number of nitrogen functional groups attached to an aromatic ring is 1. The number of hydrogen-bond acceptors (Lipinski definition) is 5. The Morgan fingerprint density at radius 1 is 1.18 bits per heavy atom. The third-order valence-corrected chi connectivity index (χ3v) is 5.62. The standard InChI is InChI=1S/C22H16Cl2F3N5O2/c23-13-3-1-11(2-4-13)19(33)22(26,27)10-29-20(34)17-15(24)6-5-14(18(17)25)12-7-8-32-16(9-12)30-21(28)31-32/h1-9,19,33H,10H2,(H2,28,31)(H,29,34). The number of carbonyl (C=O) groups excluding carboxylic acids is 1. The van der Waals surface area contributed by atoms with Crippen molar-refractivity contribution in [3.8, 4) is 11.1 Å². The molecule has 0 saturated carbocycles. The van der Waals surface area contributed by atoms with Crippen molar-refractivity contribution in [2.45, 2.75) is 12.0 Å². The fraction of sp³-hybridized carbons (Fsp3) is 0.136. The van der Waals surface area contributed by atoms with Gasteiger partial charge in [-0.3, -0.25) is 4.79 Å². The Kier molecular flexibility index (Phi) is 6.39. The summed E-state index contributed by atoms with van der Waals surface area (Å²) in [5.74, 6) is -5.91. The van der Waals surface area contributed by atoms with Gasteiger partial charge in [-0.05, 0) is 47.5 Å². The predicted molar refractivity (Wildman–Crippen MR) is 121 cm³/mol. The first kappa shape index (κ1) is 23.8. The zero-order valence-corrected chi connectivity index (χ0v) is 18.7. The van der Waals surface area contributed by atoms with Gasteiger partial charge in [-0.1, -0.05) is 35.3 Å². The number of carbonyl (C=O) groups is 1. The van der Waals surface area contributed by atoms with Crippen LogP contribution >= 0.6 is 23.2 Å². The second-order valence-corrected chi connectivity index (χ2v) is 8.21. The third kappa shape index (κ3) is 4.65. The average Bonchev–Trinajstić information content (AvgIpc) is 3.17. The lowest BCUT2D eigenvalue weighted by atomic mass is 10.0. The number of nitrogens with one attached hydrogen (secondary N) is 1. The minimum absolute atomic E-state index is 0.00780. The van der Waals surface area contributed by atoms with Gasteiger partial charge in [0.25, 0.3) is 11.8 Å². The van der Waals surface area contributed by atoms with Gasteiger partial charge in [-0.25, -0.2) is 17.7 Å². The van der Waals surface area contributed by atoms with E-state index in [0.29, 0.717) is 16.2 Å². The van der Waals surface area contributed by atoms with E-state index < -0.39 is 35.9 Å². The van der Waals surface area contributed by atoms with E-state index in [1.165, 1.54) is 59.2 Å². The predicted octanol–water partition coefficient (Wildman–Crippen LogP) is 4.52. The quantitative estimate of drug-likeness (QED) is 0.354. The lowest BCUT2D eigenvalue weighted by Crippen LogP contribution is -2.41. The van der Waals surface area contributed by atoms with E-state index in [-0.39, 0.29) is 22.1 Å². The second kappa shape index (κ2) is 9.13. The molecular formula is C22H16Cl2F3N5O2. The van der Waals surface area contributed by atoms with Gasteiger partial charge in [-0.2, -0.15) is 4.98 Å². The fourth-order valence-corrected chi connectivity index (χ4v) is 3.68. The molecular weight excluding hydrogens is 494 g/mol. The number of anilines is 1. The lowest BCUT2D eigenvalue weighted by Gasteiger charge is -2.23. The van der Waals surface area contributed by atoms with Crippen molar-refractivity contribution < 1.29 is 23.1 Å².